The highest BCUT2D eigenvalue weighted by Crippen LogP contribution is 2.31. The molecule has 0 aliphatic carbocycles. The summed E-state index contributed by atoms with van der Waals surface area (Å²) < 4.78 is 63.6. The Morgan fingerprint density at radius 3 is 2.50 bits per heavy atom. The summed E-state index contributed by atoms with van der Waals surface area (Å²) in [6.07, 6.45) is -4.42. The summed E-state index contributed by atoms with van der Waals surface area (Å²) in [5, 5.41) is -1.13. The van der Waals surface area contributed by atoms with Gasteiger partial charge in [0.1, 0.15) is 5.25 Å². The molecule has 0 saturated heterocycles. The largest absolute Gasteiger partial charge is 0.416 e. The Morgan fingerprint density at radius 2 is 2.05 bits per heavy atom. The molecule has 0 radical (unpaired) electrons. The first-order valence-corrected chi connectivity index (χ1v) is 7.51. The second kappa shape index (κ2) is 5.96. The molecule has 0 saturated carbocycles. The Morgan fingerprint density at radius 1 is 1.45 bits per heavy atom. The lowest BCUT2D eigenvalue weighted by atomic mass is 10.2. The summed E-state index contributed by atoms with van der Waals surface area (Å²) in [6, 6.07) is 3.90. The van der Waals surface area contributed by atoms with Gasteiger partial charge in [-0.15, -0.1) is 0 Å². The number of rotatable bonds is 5. The van der Waals surface area contributed by atoms with E-state index in [-0.39, 0.29) is 17.1 Å². The van der Waals surface area contributed by atoms with E-state index in [1.807, 2.05) is 0 Å². The van der Waals surface area contributed by atoms with Gasteiger partial charge in [0.25, 0.3) is 0 Å². The second-order valence-corrected chi connectivity index (χ2v) is 6.36. The zero-order valence-electron chi connectivity index (χ0n) is 10.4. The number of halogens is 3. The molecule has 1 unspecified atom stereocenters. The first-order valence-electron chi connectivity index (χ1n) is 5.56. The smallest absolute Gasteiger partial charge is 0.392 e. The highest BCUT2D eigenvalue weighted by molar-refractivity contribution is 7.95. The van der Waals surface area contributed by atoms with Crippen molar-refractivity contribution in [2.75, 3.05) is 4.72 Å². The standard InChI is InChI=1S/C11H13F3N2O2S2/c1-2-9(10(15)19)20(17,18)16-8-5-3-4-7(6-8)11(12,13)14/h3-6,9,16H,2H2,1H3,(H2,15,19). The van der Waals surface area contributed by atoms with Crippen molar-refractivity contribution >= 4 is 32.9 Å². The summed E-state index contributed by atoms with van der Waals surface area (Å²) in [5.74, 6) is 0. The molecule has 20 heavy (non-hydrogen) atoms. The van der Waals surface area contributed by atoms with Crippen molar-refractivity contribution in [2.45, 2.75) is 24.8 Å². The fourth-order valence-electron chi connectivity index (χ4n) is 1.57. The van der Waals surface area contributed by atoms with Gasteiger partial charge in [-0.25, -0.2) is 8.42 Å². The Bertz CT molecular complexity index is 600. The van der Waals surface area contributed by atoms with Crippen molar-refractivity contribution in [3.05, 3.63) is 29.8 Å². The van der Waals surface area contributed by atoms with Crippen LogP contribution in [0.3, 0.4) is 0 Å². The van der Waals surface area contributed by atoms with Gasteiger partial charge in [0.2, 0.25) is 10.0 Å². The molecular weight excluding hydrogens is 313 g/mol. The average Bonchev–Trinajstić information content (AvgIpc) is 2.27. The maximum absolute atomic E-state index is 12.5. The van der Waals surface area contributed by atoms with Crippen LogP contribution in [0, 0.1) is 0 Å². The molecule has 1 aromatic carbocycles. The van der Waals surface area contributed by atoms with Crippen molar-refractivity contribution < 1.29 is 21.6 Å². The fourth-order valence-corrected chi connectivity index (χ4v) is 3.46. The van der Waals surface area contributed by atoms with Gasteiger partial charge in [0.15, 0.2) is 0 Å². The molecule has 1 aromatic rings. The molecule has 0 fully saturated rings. The molecule has 112 valence electrons. The quantitative estimate of drug-likeness (QED) is 0.816. The van der Waals surface area contributed by atoms with Crippen LogP contribution < -0.4 is 10.5 Å². The van der Waals surface area contributed by atoms with E-state index in [0.717, 1.165) is 12.1 Å². The molecule has 1 rings (SSSR count). The minimum absolute atomic E-state index is 0.129. The van der Waals surface area contributed by atoms with Gasteiger partial charge in [-0.3, -0.25) is 4.72 Å². The summed E-state index contributed by atoms with van der Waals surface area (Å²) >= 11 is 4.64. The third-order valence-electron chi connectivity index (χ3n) is 2.51. The van der Waals surface area contributed by atoms with E-state index in [2.05, 4.69) is 16.9 Å². The highest BCUT2D eigenvalue weighted by Gasteiger charge is 2.31. The lowest BCUT2D eigenvalue weighted by Gasteiger charge is -2.16. The van der Waals surface area contributed by atoms with Crippen molar-refractivity contribution in [3.63, 3.8) is 0 Å². The van der Waals surface area contributed by atoms with Crippen LogP contribution >= 0.6 is 12.2 Å². The summed E-state index contributed by atoms with van der Waals surface area (Å²) in [5.41, 5.74) is 4.19. The molecule has 9 heteroatoms. The van der Waals surface area contributed by atoms with Crippen LogP contribution in [0.2, 0.25) is 0 Å². The zero-order chi connectivity index (χ0) is 15.6. The number of thiocarbonyl (C=S) groups is 1. The van der Waals surface area contributed by atoms with Crippen LogP contribution in [0.4, 0.5) is 18.9 Å². The Kier molecular flexibility index (Phi) is 4.98. The summed E-state index contributed by atoms with van der Waals surface area (Å²) in [4.78, 5) is -0.230. The van der Waals surface area contributed by atoms with Gasteiger partial charge < -0.3 is 5.73 Å². The number of nitrogens with one attached hydrogen (secondary N) is 1. The maximum atomic E-state index is 12.5. The van der Waals surface area contributed by atoms with E-state index >= 15 is 0 Å². The number of benzene rings is 1. The van der Waals surface area contributed by atoms with Gasteiger partial charge in [0.05, 0.1) is 10.6 Å². The van der Waals surface area contributed by atoms with Crippen LogP contribution in [0.1, 0.15) is 18.9 Å². The molecule has 0 aliphatic heterocycles. The van der Waals surface area contributed by atoms with Crippen molar-refractivity contribution in [3.8, 4) is 0 Å². The number of sulfonamides is 1. The van der Waals surface area contributed by atoms with E-state index in [0.29, 0.717) is 6.07 Å². The zero-order valence-corrected chi connectivity index (χ0v) is 12.1. The fraction of sp³-hybridized carbons (Fsp3) is 0.364. The molecule has 1 atom stereocenters. The van der Waals surface area contributed by atoms with Gasteiger partial charge in [-0.1, -0.05) is 25.2 Å². The highest BCUT2D eigenvalue weighted by atomic mass is 32.2. The van der Waals surface area contributed by atoms with Crippen LogP contribution in [-0.4, -0.2) is 18.7 Å². The first kappa shape index (κ1) is 16.7. The van der Waals surface area contributed by atoms with Gasteiger partial charge >= 0.3 is 6.18 Å². The molecule has 4 nitrogen and oxygen atoms in total. The van der Waals surface area contributed by atoms with Crippen molar-refractivity contribution in [2.24, 2.45) is 5.73 Å². The van der Waals surface area contributed by atoms with E-state index in [1.54, 1.807) is 6.92 Å². The third kappa shape index (κ3) is 4.07. The van der Waals surface area contributed by atoms with Crippen molar-refractivity contribution in [1.29, 1.82) is 0 Å². The van der Waals surface area contributed by atoms with E-state index in [9.17, 15) is 21.6 Å². The van der Waals surface area contributed by atoms with Crippen molar-refractivity contribution in [1.82, 2.24) is 0 Å². The average molecular weight is 326 g/mol. The third-order valence-corrected chi connectivity index (χ3v) is 4.80. The number of hydrogen-bond acceptors (Lipinski definition) is 3. The summed E-state index contributed by atoms with van der Waals surface area (Å²) in [7, 11) is -3.97. The normalized spacial score (nSPS) is 13.8. The Hall–Kier alpha value is -1.35. The summed E-state index contributed by atoms with van der Waals surface area (Å²) in [6.45, 7) is 1.56. The van der Waals surface area contributed by atoms with Crippen LogP contribution in [0.15, 0.2) is 24.3 Å². The van der Waals surface area contributed by atoms with Crippen LogP contribution in [0.25, 0.3) is 0 Å². The first-order chi connectivity index (χ1) is 9.08. The second-order valence-electron chi connectivity index (χ2n) is 4.02. The topological polar surface area (TPSA) is 72.2 Å². The van der Waals surface area contributed by atoms with Gasteiger partial charge in [0, 0.05) is 5.69 Å². The van der Waals surface area contributed by atoms with Gasteiger partial charge in [-0.05, 0) is 24.6 Å². The number of alkyl halides is 3. The lowest BCUT2D eigenvalue weighted by Crippen LogP contribution is -2.37. The Labute approximate surface area is 120 Å². The predicted octanol–water partition coefficient (Wildman–Crippen LogP) is 2.51. The monoisotopic (exact) mass is 326 g/mol. The minimum atomic E-state index is -4.55. The Balaban J connectivity index is 3.07. The molecule has 3 N–H and O–H groups in total. The molecule has 0 heterocycles. The number of hydrogen-bond donors (Lipinski definition) is 2. The number of anilines is 1. The molecule has 0 spiro atoms. The molecule has 0 aromatic heterocycles. The maximum Gasteiger partial charge on any atom is 0.416 e. The lowest BCUT2D eigenvalue weighted by molar-refractivity contribution is -0.137. The molecule has 0 bridgehead atoms. The molecular formula is C11H13F3N2O2S2. The molecule has 0 aliphatic rings. The van der Waals surface area contributed by atoms with Gasteiger partial charge in [-0.2, -0.15) is 13.2 Å². The number of nitrogens with two attached hydrogens (primary N) is 1. The van der Waals surface area contributed by atoms with E-state index in [4.69, 9.17) is 5.73 Å². The van der Waals surface area contributed by atoms with Crippen LogP contribution in [0.5, 0.6) is 0 Å². The van der Waals surface area contributed by atoms with E-state index in [1.165, 1.54) is 6.07 Å². The molecule has 0 amide bonds. The predicted molar refractivity (Wildman–Crippen MR) is 74.9 cm³/mol. The van der Waals surface area contributed by atoms with Crippen LogP contribution in [-0.2, 0) is 16.2 Å². The minimum Gasteiger partial charge on any atom is -0.392 e. The SMILES string of the molecule is CCC(C(N)=S)S(=O)(=O)Nc1cccc(C(F)(F)F)c1. The van der Waals surface area contributed by atoms with E-state index < -0.39 is 27.0 Å².